The first-order valence-electron chi connectivity index (χ1n) is 7.19. The van der Waals surface area contributed by atoms with E-state index in [9.17, 15) is 14.4 Å². The number of hydrogen-bond donors (Lipinski definition) is 1. The molecule has 0 saturated heterocycles. The van der Waals surface area contributed by atoms with Crippen LogP contribution in [0.2, 0.25) is 0 Å². The summed E-state index contributed by atoms with van der Waals surface area (Å²) in [4.78, 5) is 41.9. The standard InChI is InChI=1S/C16H17BrN2O3/c1-14(2)15(3)6-7-16(14,12(21)11(15)20)13(22)19-10-5-4-9(17)8-18-10/h4-5,8H,6-7H2,1-3H3,(H,18,19,22). The lowest BCUT2D eigenvalue weighted by Crippen LogP contribution is -2.47. The molecule has 1 aromatic rings. The largest absolute Gasteiger partial charge is 0.310 e. The molecule has 116 valence electrons. The topological polar surface area (TPSA) is 76.1 Å². The van der Waals surface area contributed by atoms with Gasteiger partial charge in [-0.3, -0.25) is 14.4 Å². The van der Waals surface area contributed by atoms with Crippen molar-refractivity contribution in [1.82, 2.24) is 4.98 Å². The van der Waals surface area contributed by atoms with Crippen molar-refractivity contribution < 1.29 is 14.4 Å². The Morgan fingerprint density at radius 1 is 1.18 bits per heavy atom. The third kappa shape index (κ3) is 1.59. The third-order valence-corrected chi connectivity index (χ3v) is 6.37. The maximum atomic E-state index is 12.9. The molecule has 2 saturated carbocycles. The Hall–Kier alpha value is -1.56. The van der Waals surface area contributed by atoms with E-state index in [0.717, 1.165) is 4.47 Å². The zero-order valence-corrected chi connectivity index (χ0v) is 14.3. The fraction of sp³-hybridized carbons (Fsp3) is 0.500. The van der Waals surface area contributed by atoms with Gasteiger partial charge in [-0.15, -0.1) is 0 Å². The molecule has 1 N–H and O–H groups in total. The maximum Gasteiger partial charge on any atom is 0.240 e. The number of anilines is 1. The first-order chi connectivity index (χ1) is 10.2. The second kappa shape index (κ2) is 4.47. The Morgan fingerprint density at radius 3 is 2.36 bits per heavy atom. The van der Waals surface area contributed by atoms with Crippen molar-refractivity contribution >= 4 is 39.2 Å². The second-order valence-electron chi connectivity index (χ2n) is 6.84. The normalized spacial score (nSPS) is 32.4. The average molecular weight is 365 g/mol. The minimum absolute atomic E-state index is 0.374. The maximum absolute atomic E-state index is 12.9. The molecule has 0 aliphatic heterocycles. The molecule has 0 radical (unpaired) electrons. The van der Waals surface area contributed by atoms with Gasteiger partial charge in [0.1, 0.15) is 11.2 Å². The minimum Gasteiger partial charge on any atom is -0.310 e. The molecular weight excluding hydrogens is 348 g/mol. The summed E-state index contributed by atoms with van der Waals surface area (Å²) in [7, 11) is 0. The fourth-order valence-corrected chi connectivity index (χ4v) is 4.18. The summed E-state index contributed by atoms with van der Waals surface area (Å²) in [6.07, 6.45) is 2.54. The van der Waals surface area contributed by atoms with Crippen molar-refractivity contribution in [1.29, 1.82) is 0 Å². The molecule has 2 fully saturated rings. The van der Waals surface area contributed by atoms with Crippen LogP contribution >= 0.6 is 15.9 Å². The summed E-state index contributed by atoms with van der Waals surface area (Å²) >= 11 is 3.28. The lowest BCUT2D eigenvalue weighted by atomic mass is 9.64. The number of carbonyl (C=O) groups is 3. The number of aromatic nitrogens is 1. The number of Topliss-reactive ketones (excluding diaryl/α,β-unsaturated/α-hetero) is 2. The number of amides is 1. The number of nitrogens with zero attached hydrogens (tertiary/aromatic N) is 1. The SMILES string of the molecule is CC12CCC(C(=O)Nc3ccc(Br)cn3)(C(=O)C1=O)C2(C)C. The Balaban J connectivity index is 1.99. The molecule has 2 aliphatic carbocycles. The smallest absolute Gasteiger partial charge is 0.240 e. The molecule has 2 unspecified atom stereocenters. The molecule has 1 amide bonds. The molecule has 0 spiro atoms. The van der Waals surface area contributed by atoms with E-state index in [1.54, 1.807) is 25.3 Å². The molecule has 2 bridgehead atoms. The molecule has 3 rings (SSSR count). The lowest BCUT2D eigenvalue weighted by Gasteiger charge is -2.36. The van der Waals surface area contributed by atoms with E-state index in [-0.39, 0.29) is 0 Å². The van der Waals surface area contributed by atoms with Crippen molar-refractivity contribution in [3.05, 3.63) is 22.8 Å². The van der Waals surface area contributed by atoms with Gasteiger partial charge in [-0.1, -0.05) is 20.8 Å². The monoisotopic (exact) mass is 364 g/mol. The van der Waals surface area contributed by atoms with Gasteiger partial charge >= 0.3 is 0 Å². The van der Waals surface area contributed by atoms with E-state index in [0.29, 0.717) is 18.7 Å². The van der Waals surface area contributed by atoms with Gasteiger partial charge in [-0.2, -0.15) is 0 Å². The zero-order chi connectivity index (χ0) is 16.3. The van der Waals surface area contributed by atoms with Crippen LogP contribution in [0.5, 0.6) is 0 Å². The lowest BCUT2D eigenvalue weighted by molar-refractivity contribution is -0.147. The third-order valence-electron chi connectivity index (χ3n) is 5.90. The van der Waals surface area contributed by atoms with Crippen LogP contribution in [0.1, 0.15) is 33.6 Å². The number of carbonyl (C=O) groups excluding carboxylic acids is 3. The van der Waals surface area contributed by atoms with Gasteiger partial charge < -0.3 is 5.32 Å². The fourth-order valence-electron chi connectivity index (χ4n) is 3.95. The van der Waals surface area contributed by atoms with E-state index in [1.165, 1.54) is 0 Å². The Labute approximate surface area is 137 Å². The van der Waals surface area contributed by atoms with Crippen LogP contribution in [0.25, 0.3) is 0 Å². The molecule has 1 heterocycles. The van der Waals surface area contributed by atoms with Crippen LogP contribution < -0.4 is 5.32 Å². The van der Waals surface area contributed by atoms with Crippen LogP contribution in [-0.2, 0) is 14.4 Å². The van der Waals surface area contributed by atoms with Crippen molar-refractivity contribution in [2.75, 3.05) is 5.32 Å². The summed E-state index contributed by atoms with van der Waals surface area (Å²) in [6, 6.07) is 3.41. The number of pyridine rings is 1. The second-order valence-corrected chi connectivity index (χ2v) is 7.75. The van der Waals surface area contributed by atoms with Crippen LogP contribution in [-0.4, -0.2) is 22.5 Å². The van der Waals surface area contributed by atoms with Gasteiger partial charge in [0.25, 0.3) is 0 Å². The van der Waals surface area contributed by atoms with Gasteiger partial charge in [0.15, 0.2) is 0 Å². The van der Waals surface area contributed by atoms with Gasteiger partial charge in [0, 0.05) is 16.1 Å². The summed E-state index contributed by atoms with van der Waals surface area (Å²) in [5.74, 6) is -1.02. The van der Waals surface area contributed by atoms with Crippen LogP contribution in [0, 0.1) is 16.2 Å². The molecule has 0 aromatic carbocycles. The highest BCUT2D eigenvalue weighted by molar-refractivity contribution is 9.10. The summed E-state index contributed by atoms with van der Waals surface area (Å²) in [5, 5.41) is 2.71. The minimum atomic E-state index is -1.28. The van der Waals surface area contributed by atoms with Crippen LogP contribution in [0.15, 0.2) is 22.8 Å². The first kappa shape index (κ1) is 15.3. The van der Waals surface area contributed by atoms with E-state index in [1.807, 2.05) is 13.8 Å². The van der Waals surface area contributed by atoms with E-state index >= 15 is 0 Å². The number of fused-ring (bicyclic) bond motifs is 2. The molecule has 5 nitrogen and oxygen atoms in total. The average Bonchev–Trinajstić information content (AvgIpc) is 2.74. The van der Waals surface area contributed by atoms with E-state index < -0.39 is 33.7 Å². The number of hydrogen-bond acceptors (Lipinski definition) is 4. The van der Waals surface area contributed by atoms with Gasteiger partial charge in [0.2, 0.25) is 17.5 Å². The molecule has 2 aliphatic rings. The summed E-state index contributed by atoms with van der Waals surface area (Å²) < 4.78 is 0.796. The van der Waals surface area contributed by atoms with Crippen LogP contribution in [0.3, 0.4) is 0 Å². The quantitative estimate of drug-likeness (QED) is 0.646. The predicted octanol–water partition coefficient (Wildman–Crippen LogP) is 2.75. The van der Waals surface area contributed by atoms with E-state index in [4.69, 9.17) is 0 Å². The van der Waals surface area contributed by atoms with Crippen molar-refractivity contribution in [3.63, 3.8) is 0 Å². The molecular formula is C16H17BrN2O3. The predicted molar refractivity (Wildman–Crippen MR) is 84.1 cm³/mol. The summed E-state index contributed by atoms with van der Waals surface area (Å²) in [6.45, 7) is 5.49. The Morgan fingerprint density at radius 2 is 1.86 bits per heavy atom. The Bertz CT molecular complexity index is 698. The molecule has 1 aromatic heterocycles. The molecule has 6 heteroatoms. The number of nitrogens with one attached hydrogen (secondary N) is 1. The summed E-state index contributed by atoms with van der Waals surface area (Å²) in [5.41, 5.74) is -2.74. The first-order valence-corrected chi connectivity index (χ1v) is 7.98. The van der Waals surface area contributed by atoms with Gasteiger partial charge in [-0.25, -0.2) is 4.98 Å². The number of halogens is 1. The van der Waals surface area contributed by atoms with Crippen molar-refractivity contribution in [2.45, 2.75) is 33.6 Å². The van der Waals surface area contributed by atoms with Crippen LogP contribution in [0.4, 0.5) is 5.82 Å². The van der Waals surface area contributed by atoms with Gasteiger partial charge in [0.05, 0.1) is 0 Å². The van der Waals surface area contributed by atoms with Gasteiger partial charge in [-0.05, 0) is 46.3 Å². The Kier molecular flexibility index (Phi) is 3.12. The molecule has 2 atom stereocenters. The highest BCUT2D eigenvalue weighted by Crippen LogP contribution is 2.69. The van der Waals surface area contributed by atoms with E-state index in [2.05, 4.69) is 26.2 Å². The van der Waals surface area contributed by atoms with Crippen molar-refractivity contribution in [3.8, 4) is 0 Å². The number of ketones is 2. The zero-order valence-electron chi connectivity index (χ0n) is 12.7. The highest BCUT2D eigenvalue weighted by Gasteiger charge is 2.77. The highest BCUT2D eigenvalue weighted by atomic mass is 79.9. The van der Waals surface area contributed by atoms with Crippen molar-refractivity contribution in [2.24, 2.45) is 16.2 Å². The molecule has 22 heavy (non-hydrogen) atoms. The number of rotatable bonds is 2.